The van der Waals surface area contributed by atoms with Crippen LogP contribution in [0.15, 0.2) is 30.9 Å². The molecule has 0 aliphatic heterocycles. The summed E-state index contributed by atoms with van der Waals surface area (Å²) < 4.78 is 0. The summed E-state index contributed by atoms with van der Waals surface area (Å²) in [7, 11) is 0. The molecule has 0 fully saturated rings. The van der Waals surface area contributed by atoms with Crippen molar-refractivity contribution in [2.24, 2.45) is 0 Å². The number of hydrogen-bond donors (Lipinski definition) is 3. The highest BCUT2D eigenvalue weighted by atomic mass is 16.1. The van der Waals surface area contributed by atoms with Gasteiger partial charge in [-0.25, -0.2) is 19.9 Å². The molecule has 2 rings (SSSR count). The van der Waals surface area contributed by atoms with Crippen LogP contribution < -0.4 is 16.4 Å². The molecular formula is C11H13N7O. The van der Waals surface area contributed by atoms with Crippen molar-refractivity contribution in [1.29, 1.82) is 0 Å². The van der Waals surface area contributed by atoms with E-state index in [0.717, 1.165) is 0 Å². The molecule has 1 amide bonds. The van der Waals surface area contributed by atoms with Crippen LogP contribution in [0.3, 0.4) is 0 Å². The highest BCUT2D eigenvalue weighted by Crippen LogP contribution is 2.01. The van der Waals surface area contributed by atoms with Crippen LogP contribution in [0, 0.1) is 0 Å². The van der Waals surface area contributed by atoms with Gasteiger partial charge in [-0.2, -0.15) is 0 Å². The predicted octanol–water partition coefficient (Wildman–Crippen LogP) is -0.309. The Labute approximate surface area is 109 Å². The molecule has 0 atom stereocenters. The van der Waals surface area contributed by atoms with Crippen molar-refractivity contribution in [1.82, 2.24) is 25.3 Å². The van der Waals surface area contributed by atoms with Crippen LogP contribution in [0.25, 0.3) is 0 Å². The molecule has 0 aromatic carbocycles. The van der Waals surface area contributed by atoms with Crippen molar-refractivity contribution in [3.63, 3.8) is 0 Å². The first-order valence-corrected chi connectivity index (χ1v) is 5.63. The average Bonchev–Trinajstić information content (AvgIpc) is 2.45. The lowest BCUT2D eigenvalue weighted by molar-refractivity contribution is 0.0951. The van der Waals surface area contributed by atoms with Crippen molar-refractivity contribution in [3.05, 3.63) is 36.5 Å². The second-order valence-corrected chi connectivity index (χ2v) is 3.55. The zero-order chi connectivity index (χ0) is 13.5. The zero-order valence-electron chi connectivity index (χ0n) is 10.1. The van der Waals surface area contributed by atoms with Gasteiger partial charge in [0, 0.05) is 37.9 Å². The van der Waals surface area contributed by atoms with E-state index in [0.29, 0.717) is 19.0 Å². The van der Waals surface area contributed by atoms with Gasteiger partial charge in [0.25, 0.3) is 5.91 Å². The maximum Gasteiger partial charge on any atom is 0.273 e. The van der Waals surface area contributed by atoms with Gasteiger partial charge in [0.05, 0.1) is 0 Å². The lowest BCUT2D eigenvalue weighted by Gasteiger charge is -2.06. The largest absolute Gasteiger partial charge is 0.382 e. The lowest BCUT2D eigenvalue weighted by atomic mass is 10.4. The third kappa shape index (κ3) is 3.60. The maximum atomic E-state index is 11.7. The summed E-state index contributed by atoms with van der Waals surface area (Å²) in [5.74, 6) is 0.261. The average molecular weight is 259 g/mol. The number of carbonyl (C=O) groups is 1. The molecule has 2 aromatic heterocycles. The Hall–Kier alpha value is -2.77. The van der Waals surface area contributed by atoms with E-state index in [2.05, 4.69) is 30.6 Å². The third-order valence-corrected chi connectivity index (χ3v) is 2.20. The molecule has 8 nitrogen and oxygen atoms in total. The Bertz CT molecular complexity index is 546. The number of nitrogens with zero attached hydrogens (tertiary/aromatic N) is 4. The summed E-state index contributed by atoms with van der Waals surface area (Å²) in [5.41, 5.74) is 5.67. The normalized spacial score (nSPS) is 9.89. The summed E-state index contributed by atoms with van der Waals surface area (Å²) in [4.78, 5) is 27.4. The van der Waals surface area contributed by atoms with E-state index >= 15 is 0 Å². The van der Waals surface area contributed by atoms with Crippen LogP contribution >= 0.6 is 0 Å². The van der Waals surface area contributed by atoms with Crippen LogP contribution in [0.5, 0.6) is 0 Å². The molecule has 8 heteroatoms. The van der Waals surface area contributed by atoms with Crippen molar-refractivity contribution in [2.75, 3.05) is 24.1 Å². The van der Waals surface area contributed by atoms with Crippen molar-refractivity contribution >= 4 is 17.7 Å². The molecule has 0 aliphatic carbocycles. The van der Waals surface area contributed by atoms with E-state index in [1.54, 1.807) is 18.5 Å². The highest BCUT2D eigenvalue weighted by Gasteiger charge is 2.10. The second kappa shape index (κ2) is 6.24. The van der Waals surface area contributed by atoms with Gasteiger partial charge in [0.2, 0.25) is 5.95 Å². The van der Waals surface area contributed by atoms with Gasteiger partial charge in [-0.05, 0) is 6.07 Å². The van der Waals surface area contributed by atoms with Crippen molar-refractivity contribution < 1.29 is 4.79 Å². The van der Waals surface area contributed by atoms with Crippen molar-refractivity contribution in [2.45, 2.75) is 0 Å². The predicted molar refractivity (Wildman–Crippen MR) is 69.3 cm³/mol. The SMILES string of the molecule is Nc1nccnc1C(=O)NCCNc1ncccn1. The van der Waals surface area contributed by atoms with Gasteiger partial charge in [-0.15, -0.1) is 0 Å². The first kappa shape index (κ1) is 12.7. The molecule has 19 heavy (non-hydrogen) atoms. The molecule has 0 aliphatic rings. The lowest BCUT2D eigenvalue weighted by Crippen LogP contribution is -2.30. The van der Waals surface area contributed by atoms with Gasteiger partial charge in [-0.1, -0.05) is 0 Å². The van der Waals surface area contributed by atoms with Crippen LogP contribution in [0.1, 0.15) is 10.5 Å². The van der Waals surface area contributed by atoms with Gasteiger partial charge in [0.1, 0.15) is 0 Å². The molecule has 0 spiro atoms. The first-order chi connectivity index (χ1) is 9.27. The molecule has 2 aromatic rings. The van der Waals surface area contributed by atoms with E-state index in [4.69, 9.17) is 5.73 Å². The minimum atomic E-state index is -0.360. The van der Waals surface area contributed by atoms with E-state index < -0.39 is 0 Å². The fourth-order valence-electron chi connectivity index (χ4n) is 1.35. The van der Waals surface area contributed by atoms with E-state index in [1.165, 1.54) is 12.4 Å². The van der Waals surface area contributed by atoms with Crippen LogP contribution in [0.2, 0.25) is 0 Å². The topological polar surface area (TPSA) is 119 Å². The monoisotopic (exact) mass is 259 g/mol. The number of hydrogen-bond acceptors (Lipinski definition) is 7. The first-order valence-electron chi connectivity index (χ1n) is 5.63. The molecule has 0 saturated carbocycles. The summed E-state index contributed by atoms with van der Waals surface area (Å²) in [6.07, 6.45) is 6.12. The smallest absolute Gasteiger partial charge is 0.273 e. The van der Waals surface area contributed by atoms with Gasteiger partial charge in [0.15, 0.2) is 11.5 Å². The Balaban J connectivity index is 1.77. The fourth-order valence-corrected chi connectivity index (χ4v) is 1.35. The fraction of sp³-hybridized carbons (Fsp3) is 0.182. The van der Waals surface area contributed by atoms with Gasteiger partial charge >= 0.3 is 0 Å². The minimum Gasteiger partial charge on any atom is -0.382 e. The van der Waals surface area contributed by atoms with E-state index in [-0.39, 0.29) is 17.4 Å². The molecule has 0 saturated heterocycles. The van der Waals surface area contributed by atoms with E-state index in [1.807, 2.05) is 0 Å². The quantitative estimate of drug-likeness (QED) is 0.630. The second-order valence-electron chi connectivity index (χ2n) is 3.55. The number of nitrogens with one attached hydrogen (secondary N) is 2. The van der Waals surface area contributed by atoms with Gasteiger partial charge < -0.3 is 16.4 Å². The number of aromatic nitrogens is 4. The number of amides is 1. The number of nitrogen functional groups attached to an aromatic ring is 1. The van der Waals surface area contributed by atoms with Crippen LogP contribution in [0.4, 0.5) is 11.8 Å². The molecule has 2 heterocycles. The Morgan fingerprint density at radius 1 is 1.05 bits per heavy atom. The number of rotatable bonds is 5. The third-order valence-electron chi connectivity index (χ3n) is 2.20. The summed E-state index contributed by atoms with van der Waals surface area (Å²) in [6, 6.07) is 1.73. The van der Waals surface area contributed by atoms with Crippen molar-refractivity contribution in [3.8, 4) is 0 Å². The molecule has 0 unspecified atom stereocenters. The summed E-state index contributed by atoms with van der Waals surface area (Å²) >= 11 is 0. The van der Waals surface area contributed by atoms with Gasteiger partial charge in [-0.3, -0.25) is 4.79 Å². The molecular weight excluding hydrogens is 246 g/mol. The summed E-state index contributed by atoms with van der Waals surface area (Å²) in [5, 5.41) is 5.63. The Morgan fingerprint density at radius 3 is 2.53 bits per heavy atom. The number of nitrogens with two attached hydrogens (primary N) is 1. The Morgan fingerprint density at radius 2 is 1.79 bits per heavy atom. The zero-order valence-corrected chi connectivity index (χ0v) is 10.1. The van der Waals surface area contributed by atoms with E-state index in [9.17, 15) is 4.79 Å². The standard InChI is InChI=1S/C11H13N7O/c12-9-8(13-4-5-14-9)10(19)15-6-7-18-11-16-2-1-3-17-11/h1-5H,6-7H2,(H2,12,14)(H,15,19)(H,16,17,18). The number of anilines is 2. The highest BCUT2D eigenvalue weighted by molar-refractivity contribution is 5.96. The number of carbonyl (C=O) groups excluding carboxylic acids is 1. The molecule has 0 radical (unpaired) electrons. The molecule has 0 bridgehead atoms. The molecule has 98 valence electrons. The molecule has 4 N–H and O–H groups in total. The van der Waals surface area contributed by atoms with Crippen LogP contribution in [-0.4, -0.2) is 38.9 Å². The maximum absolute atomic E-state index is 11.7. The minimum absolute atomic E-state index is 0.111. The summed E-state index contributed by atoms with van der Waals surface area (Å²) in [6.45, 7) is 0.892. The Kier molecular flexibility index (Phi) is 4.17. The van der Waals surface area contributed by atoms with Crippen LogP contribution in [-0.2, 0) is 0 Å².